The minimum atomic E-state index is 0.185. The van der Waals surface area contributed by atoms with Crippen molar-refractivity contribution in [1.82, 2.24) is 15.6 Å². The summed E-state index contributed by atoms with van der Waals surface area (Å²) >= 11 is 1.84. The molecule has 6 heteroatoms. The first-order valence-electron chi connectivity index (χ1n) is 8.15. The summed E-state index contributed by atoms with van der Waals surface area (Å²) in [6, 6.07) is 4.20. The van der Waals surface area contributed by atoms with Crippen LogP contribution in [0, 0.1) is 0 Å². The van der Waals surface area contributed by atoms with Crippen LogP contribution in [-0.2, 0) is 6.54 Å². The minimum Gasteiger partial charge on any atom is -0.357 e. The second kappa shape index (κ2) is 9.65. The number of nitrogens with one attached hydrogen (secondary N) is 2. The Labute approximate surface area is 145 Å². The number of nitrogens with zero attached hydrogens (tertiary/aromatic N) is 3. The highest BCUT2D eigenvalue weighted by Crippen LogP contribution is 2.19. The first-order chi connectivity index (χ1) is 11.0. The van der Waals surface area contributed by atoms with Gasteiger partial charge < -0.3 is 15.5 Å². The van der Waals surface area contributed by atoms with E-state index in [4.69, 9.17) is 0 Å². The zero-order valence-corrected chi connectivity index (χ0v) is 16.1. The van der Waals surface area contributed by atoms with Crippen LogP contribution in [0.25, 0.3) is 0 Å². The van der Waals surface area contributed by atoms with Crippen LogP contribution in [0.2, 0.25) is 0 Å². The second-order valence-corrected chi connectivity index (χ2v) is 7.45. The summed E-state index contributed by atoms with van der Waals surface area (Å²) in [7, 11) is 1.79. The predicted molar refractivity (Wildman–Crippen MR) is 104 cm³/mol. The molecule has 0 aliphatic heterocycles. The number of thioether (sulfide) groups is 1. The molecule has 0 aliphatic rings. The molecule has 1 aromatic rings. The maximum absolute atomic E-state index is 4.55. The average molecular weight is 338 g/mol. The van der Waals surface area contributed by atoms with Gasteiger partial charge >= 0.3 is 0 Å². The molecule has 5 nitrogen and oxygen atoms in total. The smallest absolute Gasteiger partial charge is 0.191 e. The molecule has 0 bridgehead atoms. The molecule has 0 radical (unpaired) electrons. The van der Waals surface area contributed by atoms with Crippen molar-refractivity contribution in [2.24, 2.45) is 4.99 Å². The van der Waals surface area contributed by atoms with Crippen molar-refractivity contribution in [2.45, 2.75) is 39.0 Å². The maximum atomic E-state index is 4.55. The third kappa shape index (κ3) is 6.69. The minimum absolute atomic E-state index is 0.185. The quantitative estimate of drug-likeness (QED) is 0.564. The molecule has 2 N–H and O–H groups in total. The molecule has 0 unspecified atom stereocenters. The van der Waals surface area contributed by atoms with Crippen LogP contribution in [0.15, 0.2) is 23.3 Å². The molecule has 0 amide bonds. The summed E-state index contributed by atoms with van der Waals surface area (Å²) < 4.78 is 0.185. The highest BCUT2D eigenvalue weighted by molar-refractivity contribution is 7.99. The fourth-order valence-electron chi connectivity index (χ4n) is 2.03. The van der Waals surface area contributed by atoms with Gasteiger partial charge in [0.2, 0.25) is 0 Å². The Hall–Kier alpha value is -1.43. The number of aromatic nitrogens is 1. The standard InChI is InChI=1S/C17H31N5S/c1-7-22(8-2)15-10-9-14(11-19-15)12-20-16(18-5)21-13-17(3,4)23-6/h9-11H,7-8,12-13H2,1-6H3,(H2,18,20,21). The summed E-state index contributed by atoms with van der Waals surface area (Å²) in [6.07, 6.45) is 4.06. The van der Waals surface area contributed by atoms with Crippen LogP contribution in [0.4, 0.5) is 5.82 Å². The van der Waals surface area contributed by atoms with Gasteiger partial charge in [0.05, 0.1) is 0 Å². The van der Waals surface area contributed by atoms with Gasteiger partial charge in [0.25, 0.3) is 0 Å². The van der Waals surface area contributed by atoms with Gasteiger partial charge in [0, 0.05) is 44.2 Å². The number of rotatable bonds is 8. The maximum Gasteiger partial charge on any atom is 0.191 e. The third-order valence-corrected chi connectivity index (χ3v) is 5.06. The summed E-state index contributed by atoms with van der Waals surface area (Å²) in [4.78, 5) is 11.1. The van der Waals surface area contributed by atoms with Crippen molar-refractivity contribution < 1.29 is 0 Å². The van der Waals surface area contributed by atoms with Gasteiger partial charge in [-0.25, -0.2) is 4.98 Å². The van der Waals surface area contributed by atoms with Crippen molar-refractivity contribution in [3.8, 4) is 0 Å². The zero-order valence-electron chi connectivity index (χ0n) is 15.3. The number of hydrogen-bond acceptors (Lipinski definition) is 4. The van der Waals surface area contributed by atoms with Gasteiger partial charge in [-0.3, -0.25) is 4.99 Å². The SMILES string of the molecule is CCN(CC)c1ccc(CNC(=NC)NCC(C)(C)SC)cn1. The van der Waals surface area contributed by atoms with Crippen molar-refractivity contribution in [3.63, 3.8) is 0 Å². The van der Waals surface area contributed by atoms with Crippen LogP contribution in [0.3, 0.4) is 0 Å². The topological polar surface area (TPSA) is 52.5 Å². The van der Waals surface area contributed by atoms with Gasteiger partial charge in [0.1, 0.15) is 5.82 Å². The monoisotopic (exact) mass is 337 g/mol. The Bertz CT molecular complexity index is 480. The molecule has 1 heterocycles. The molecular formula is C17H31N5S. The average Bonchev–Trinajstić information content (AvgIpc) is 2.57. The molecule has 0 atom stereocenters. The van der Waals surface area contributed by atoms with E-state index in [0.29, 0.717) is 6.54 Å². The fraction of sp³-hybridized carbons (Fsp3) is 0.647. The van der Waals surface area contributed by atoms with E-state index in [2.05, 4.69) is 71.6 Å². The number of guanidine groups is 1. The molecule has 1 aromatic heterocycles. The Balaban J connectivity index is 2.53. The van der Waals surface area contributed by atoms with Gasteiger partial charge in [-0.05, 0) is 45.6 Å². The first kappa shape index (κ1) is 19.6. The largest absolute Gasteiger partial charge is 0.357 e. The number of hydrogen-bond donors (Lipinski definition) is 2. The molecule has 0 aliphatic carbocycles. The van der Waals surface area contributed by atoms with Crippen LogP contribution >= 0.6 is 11.8 Å². The van der Waals surface area contributed by atoms with Crippen LogP contribution in [0.1, 0.15) is 33.3 Å². The van der Waals surface area contributed by atoms with E-state index in [1.54, 1.807) is 7.05 Å². The highest BCUT2D eigenvalue weighted by atomic mass is 32.2. The lowest BCUT2D eigenvalue weighted by atomic mass is 10.2. The van der Waals surface area contributed by atoms with Crippen molar-refractivity contribution in [2.75, 3.05) is 37.8 Å². The van der Waals surface area contributed by atoms with Crippen LogP contribution in [0.5, 0.6) is 0 Å². The molecule has 0 aromatic carbocycles. The number of pyridine rings is 1. The Kier molecular flexibility index (Phi) is 8.23. The van der Waals surface area contributed by atoms with Gasteiger partial charge in [-0.1, -0.05) is 6.07 Å². The summed E-state index contributed by atoms with van der Waals surface area (Å²) in [5, 5.41) is 6.70. The van der Waals surface area contributed by atoms with E-state index in [9.17, 15) is 0 Å². The van der Waals surface area contributed by atoms with Crippen LogP contribution < -0.4 is 15.5 Å². The second-order valence-electron chi connectivity index (χ2n) is 5.94. The van der Waals surface area contributed by atoms with E-state index in [1.165, 1.54) is 0 Å². The first-order valence-corrected chi connectivity index (χ1v) is 9.37. The van der Waals surface area contributed by atoms with Crippen molar-refractivity contribution in [1.29, 1.82) is 0 Å². The lowest BCUT2D eigenvalue weighted by Gasteiger charge is -2.23. The lowest BCUT2D eigenvalue weighted by molar-refractivity contribution is 0.664. The van der Waals surface area contributed by atoms with Gasteiger partial charge in [-0.15, -0.1) is 0 Å². The number of aliphatic imine (C=N–C) groups is 1. The molecular weight excluding hydrogens is 306 g/mol. The molecule has 1 rings (SSSR count). The molecule has 130 valence electrons. The van der Waals surface area contributed by atoms with E-state index >= 15 is 0 Å². The molecule has 23 heavy (non-hydrogen) atoms. The molecule has 0 saturated heterocycles. The number of anilines is 1. The normalized spacial score (nSPS) is 12.2. The lowest BCUT2D eigenvalue weighted by Crippen LogP contribution is -2.43. The summed E-state index contributed by atoms with van der Waals surface area (Å²) in [5.74, 6) is 1.85. The van der Waals surface area contributed by atoms with Gasteiger partial charge in [0.15, 0.2) is 5.96 Å². The van der Waals surface area contributed by atoms with E-state index < -0.39 is 0 Å². The van der Waals surface area contributed by atoms with E-state index in [0.717, 1.165) is 37.0 Å². The Morgan fingerprint density at radius 3 is 2.43 bits per heavy atom. The van der Waals surface area contributed by atoms with Gasteiger partial charge in [-0.2, -0.15) is 11.8 Å². The Morgan fingerprint density at radius 1 is 1.26 bits per heavy atom. The summed E-state index contributed by atoms with van der Waals surface area (Å²) in [6.45, 7) is 12.3. The van der Waals surface area contributed by atoms with Crippen molar-refractivity contribution in [3.05, 3.63) is 23.9 Å². The predicted octanol–water partition coefficient (Wildman–Crippen LogP) is 2.73. The zero-order chi connectivity index (χ0) is 17.3. The van der Waals surface area contributed by atoms with E-state index in [1.807, 2.05) is 18.0 Å². The van der Waals surface area contributed by atoms with Crippen LogP contribution in [-0.4, -0.2) is 48.6 Å². The molecule has 0 spiro atoms. The van der Waals surface area contributed by atoms with Crippen molar-refractivity contribution >= 4 is 23.5 Å². The third-order valence-electron chi connectivity index (χ3n) is 3.81. The molecule has 0 fully saturated rings. The summed E-state index contributed by atoms with van der Waals surface area (Å²) in [5.41, 5.74) is 1.15. The Morgan fingerprint density at radius 2 is 1.96 bits per heavy atom. The highest BCUT2D eigenvalue weighted by Gasteiger charge is 2.16. The fourth-order valence-corrected chi connectivity index (χ4v) is 2.25. The van der Waals surface area contributed by atoms with E-state index in [-0.39, 0.29) is 4.75 Å². The molecule has 0 saturated carbocycles.